The monoisotopic (exact) mass is 272 g/mol. The number of rotatable bonds is 4. The lowest BCUT2D eigenvalue weighted by Gasteiger charge is -2.28. The van der Waals surface area contributed by atoms with Crippen molar-refractivity contribution in [3.63, 3.8) is 0 Å². The Hall–Kier alpha value is -1.03. The SMILES string of the molecule is CCC1(CC)C(=O)OC[C@@H]1Cc1cncn1C.Cl. The second kappa shape index (κ2) is 5.74. The zero-order valence-electron chi connectivity index (χ0n) is 11.2. The summed E-state index contributed by atoms with van der Waals surface area (Å²) in [4.78, 5) is 16.1. The van der Waals surface area contributed by atoms with E-state index in [-0.39, 0.29) is 29.7 Å². The van der Waals surface area contributed by atoms with Crippen LogP contribution in [0, 0.1) is 11.3 Å². The number of halogens is 1. The lowest BCUT2D eigenvalue weighted by molar-refractivity contribution is -0.147. The van der Waals surface area contributed by atoms with Gasteiger partial charge in [-0.25, -0.2) is 4.98 Å². The van der Waals surface area contributed by atoms with E-state index in [0.29, 0.717) is 6.61 Å². The lowest BCUT2D eigenvalue weighted by atomic mass is 9.71. The molecule has 0 saturated carbocycles. The summed E-state index contributed by atoms with van der Waals surface area (Å²) in [5.41, 5.74) is 0.879. The molecule has 2 rings (SSSR count). The van der Waals surface area contributed by atoms with E-state index in [1.54, 1.807) is 6.33 Å². The Kier molecular flexibility index (Phi) is 4.79. The van der Waals surface area contributed by atoms with E-state index in [0.717, 1.165) is 19.3 Å². The van der Waals surface area contributed by atoms with Crippen molar-refractivity contribution in [2.75, 3.05) is 6.61 Å². The number of imidazole rings is 1. The smallest absolute Gasteiger partial charge is 0.312 e. The standard InChI is InChI=1S/C13H20N2O2.ClH/c1-4-13(5-2)10(8-17-12(13)16)6-11-7-14-9-15(11)3;/h7,9-10H,4-6,8H2,1-3H3;1H/t10-;/m0./s1. The van der Waals surface area contributed by atoms with Crippen molar-refractivity contribution in [3.8, 4) is 0 Å². The highest BCUT2D eigenvalue weighted by atomic mass is 35.5. The molecular weight excluding hydrogens is 252 g/mol. The highest BCUT2D eigenvalue weighted by Crippen LogP contribution is 2.43. The van der Waals surface area contributed by atoms with E-state index in [4.69, 9.17) is 4.74 Å². The fourth-order valence-electron chi connectivity index (χ4n) is 2.85. The Morgan fingerprint density at radius 3 is 2.67 bits per heavy atom. The number of carbonyl (C=O) groups is 1. The molecule has 1 aromatic heterocycles. The van der Waals surface area contributed by atoms with Crippen molar-refractivity contribution in [2.24, 2.45) is 18.4 Å². The minimum Gasteiger partial charge on any atom is -0.465 e. The van der Waals surface area contributed by atoms with Crippen LogP contribution in [0.3, 0.4) is 0 Å². The molecule has 1 saturated heterocycles. The van der Waals surface area contributed by atoms with Gasteiger partial charge in [0.15, 0.2) is 0 Å². The van der Waals surface area contributed by atoms with Crippen molar-refractivity contribution >= 4 is 18.4 Å². The molecule has 0 amide bonds. The molecule has 0 unspecified atom stereocenters. The van der Waals surface area contributed by atoms with Crippen LogP contribution in [-0.4, -0.2) is 22.1 Å². The van der Waals surface area contributed by atoms with Gasteiger partial charge in [0.25, 0.3) is 0 Å². The van der Waals surface area contributed by atoms with E-state index in [1.165, 1.54) is 5.69 Å². The van der Waals surface area contributed by atoms with Gasteiger partial charge in [-0.1, -0.05) is 13.8 Å². The van der Waals surface area contributed by atoms with Gasteiger partial charge in [-0.2, -0.15) is 0 Å². The third-order valence-electron chi connectivity index (χ3n) is 4.24. The van der Waals surface area contributed by atoms with Gasteiger partial charge in [-0.3, -0.25) is 4.79 Å². The van der Waals surface area contributed by atoms with Crippen LogP contribution >= 0.6 is 12.4 Å². The molecule has 0 bridgehead atoms. The maximum Gasteiger partial charge on any atom is 0.312 e. The van der Waals surface area contributed by atoms with Gasteiger partial charge in [0, 0.05) is 24.9 Å². The average molecular weight is 273 g/mol. The topological polar surface area (TPSA) is 44.1 Å². The number of esters is 1. The van der Waals surface area contributed by atoms with Crippen molar-refractivity contribution in [1.29, 1.82) is 0 Å². The molecule has 102 valence electrons. The predicted octanol–water partition coefficient (Wildman–Crippen LogP) is 2.36. The largest absolute Gasteiger partial charge is 0.465 e. The van der Waals surface area contributed by atoms with Crippen LogP contribution in [0.2, 0.25) is 0 Å². The molecule has 4 nitrogen and oxygen atoms in total. The van der Waals surface area contributed by atoms with Crippen LogP contribution < -0.4 is 0 Å². The number of hydrogen-bond donors (Lipinski definition) is 0. The highest BCUT2D eigenvalue weighted by molar-refractivity contribution is 5.85. The van der Waals surface area contributed by atoms with Gasteiger partial charge in [0.05, 0.1) is 18.3 Å². The van der Waals surface area contributed by atoms with Gasteiger partial charge < -0.3 is 9.30 Å². The fourth-order valence-corrected chi connectivity index (χ4v) is 2.85. The van der Waals surface area contributed by atoms with Crippen LogP contribution in [0.5, 0.6) is 0 Å². The van der Waals surface area contributed by atoms with Gasteiger partial charge in [-0.15, -0.1) is 12.4 Å². The molecule has 5 heteroatoms. The minimum atomic E-state index is -0.287. The second-order valence-electron chi connectivity index (χ2n) is 4.86. The lowest BCUT2D eigenvalue weighted by Crippen LogP contribution is -2.33. The maximum atomic E-state index is 11.9. The summed E-state index contributed by atoms with van der Waals surface area (Å²) in [6.07, 6.45) is 6.24. The Bertz CT molecular complexity index is 413. The Balaban J connectivity index is 0.00000162. The quantitative estimate of drug-likeness (QED) is 0.791. The average Bonchev–Trinajstić information content (AvgIpc) is 2.86. The Morgan fingerprint density at radius 2 is 2.17 bits per heavy atom. The van der Waals surface area contributed by atoms with Gasteiger partial charge in [0.2, 0.25) is 0 Å². The molecule has 1 atom stereocenters. The number of hydrogen-bond acceptors (Lipinski definition) is 3. The molecule has 18 heavy (non-hydrogen) atoms. The summed E-state index contributed by atoms with van der Waals surface area (Å²) in [6.45, 7) is 4.70. The zero-order valence-corrected chi connectivity index (χ0v) is 12.0. The number of aromatic nitrogens is 2. The van der Waals surface area contributed by atoms with E-state index in [9.17, 15) is 4.79 Å². The number of ether oxygens (including phenoxy) is 1. The van der Waals surface area contributed by atoms with Crippen LogP contribution in [0.1, 0.15) is 32.4 Å². The molecule has 0 N–H and O–H groups in total. The summed E-state index contributed by atoms with van der Waals surface area (Å²) in [7, 11) is 1.99. The third kappa shape index (κ3) is 2.26. The van der Waals surface area contributed by atoms with Crippen LogP contribution in [0.25, 0.3) is 0 Å². The summed E-state index contributed by atoms with van der Waals surface area (Å²) in [5.74, 6) is 0.259. The minimum absolute atomic E-state index is 0. The predicted molar refractivity (Wildman–Crippen MR) is 71.6 cm³/mol. The molecule has 0 aromatic carbocycles. The van der Waals surface area contributed by atoms with Gasteiger partial charge >= 0.3 is 5.97 Å². The first-order valence-corrected chi connectivity index (χ1v) is 6.26. The summed E-state index contributed by atoms with van der Waals surface area (Å²) in [6, 6.07) is 0. The van der Waals surface area contributed by atoms with Crippen molar-refractivity contribution in [3.05, 3.63) is 18.2 Å². The molecule has 0 spiro atoms. The van der Waals surface area contributed by atoms with E-state index in [2.05, 4.69) is 18.8 Å². The number of aryl methyl sites for hydroxylation is 1. The van der Waals surface area contributed by atoms with E-state index >= 15 is 0 Å². The van der Waals surface area contributed by atoms with Crippen molar-refractivity contribution < 1.29 is 9.53 Å². The van der Waals surface area contributed by atoms with Crippen molar-refractivity contribution in [2.45, 2.75) is 33.1 Å². The number of carbonyl (C=O) groups excluding carboxylic acids is 1. The van der Waals surface area contributed by atoms with Gasteiger partial charge in [-0.05, 0) is 19.3 Å². The maximum absolute atomic E-state index is 11.9. The molecule has 1 aliphatic rings. The summed E-state index contributed by atoms with van der Waals surface area (Å²) >= 11 is 0. The first-order chi connectivity index (χ1) is 8.14. The molecule has 0 radical (unpaired) electrons. The van der Waals surface area contributed by atoms with Crippen LogP contribution in [0.4, 0.5) is 0 Å². The van der Waals surface area contributed by atoms with E-state index < -0.39 is 0 Å². The Labute approximate surface area is 114 Å². The third-order valence-corrected chi connectivity index (χ3v) is 4.24. The first kappa shape index (κ1) is 15.0. The molecular formula is C13H21ClN2O2. The van der Waals surface area contributed by atoms with Crippen LogP contribution in [-0.2, 0) is 23.0 Å². The van der Waals surface area contributed by atoms with Crippen LogP contribution in [0.15, 0.2) is 12.5 Å². The molecule has 1 fully saturated rings. The Morgan fingerprint density at radius 1 is 1.50 bits per heavy atom. The summed E-state index contributed by atoms with van der Waals surface area (Å²) in [5, 5.41) is 0. The van der Waals surface area contributed by atoms with Crippen molar-refractivity contribution in [1.82, 2.24) is 9.55 Å². The number of nitrogens with zero attached hydrogens (tertiary/aromatic N) is 2. The van der Waals surface area contributed by atoms with E-state index in [1.807, 2.05) is 17.8 Å². The zero-order chi connectivity index (χ0) is 12.5. The molecule has 2 heterocycles. The molecule has 1 aliphatic heterocycles. The molecule has 0 aliphatic carbocycles. The molecule has 1 aromatic rings. The normalized spacial score (nSPS) is 21.5. The summed E-state index contributed by atoms with van der Waals surface area (Å²) < 4.78 is 7.30. The first-order valence-electron chi connectivity index (χ1n) is 6.26. The fraction of sp³-hybridized carbons (Fsp3) is 0.692. The second-order valence-corrected chi connectivity index (χ2v) is 4.86. The van der Waals surface area contributed by atoms with Gasteiger partial charge in [0.1, 0.15) is 0 Å². The number of cyclic esters (lactones) is 1. The highest BCUT2D eigenvalue weighted by Gasteiger charge is 2.49.